The lowest BCUT2D eigenvalue weighted by Gasteiger charge is -2.14. The average molecular weight is 279 g/mol. The van der Waals surface area contributed by atoms with Gasteiger partial charge in [0.05, 0.1) is 6.61 Å². The zero-order valence-electron chi connectivity index (χ0n) is 12.3. The second-order valence-corrected chi connectivity index (χ2v) is 5.06. The predicted octanol–water partition coefficient (Wildman–Crippen LogP) is 1.75. The number of ether oxygens (including phenoxy) is 1. The van der Waals surface area contributed by atoms with Gasteiger partial charge in [-0.1, -0.05) is 0 Å². The van der Waals surface area contributed by atoms with Gasteiger partial charge in [0.2, 0.25) is 5.88 Å². The van der Waals surface area contributed by atoms with E-state index in [1.807, 2.05) is 6.92 Å². The maximum atomic E-state index is 5.96. The number of anilines is 2. The maximum absolute atomic E-state index is 5.96. The number of hydrogen-bond acceptors (Lipinski definition) is 6. The van der Waals surface area contributed by atoms with E-state index in [1.54, 1.807) is 0 Å². The number of rotatable bonds is 8. The largest absolute Gasteiger partial charge is 0.476 e. The van der Waals surface area contributed by atoms with Gasteiger partial charge in [-0.05, 0) is 52.2 Å². The molecule has 6 nitrogen and oxygen atoms in total. The maximum Gasteiger partial charge on any atom is 0.242 e. The van der Waals surface area contributed by atoms with Crippen LogP contribution in [0.4, 0.5) is 11.5 Å². The monoisotopic (exact) mass is 279 g/mol. The lowest BCUT2D eigenvalue weighted by Crippen LogP contribution is -2.21. The van der Waals surface area contributed by atoms with Crippen molar-refractivity contribution in [3.05, 3.63) is 6.33 Å². The standard InChI is InChI=1S/C14H25N5O/c1-2-20-14-12(15)13(17-11-18-14)16-7-3-4-8-19-9-5-6-10-19/h11H,2-10,15H2,1H3,(H,16,17,18). The summed E-state index contributed by atoms with van der Waals surface area (Å²) in [5, 5.41) is 3.26. The first-order valence-corrected chi connectivity index (χ1v) is 7.50. The third kappa shape index (κ3) is 4.23. The van der Waals surface area contributed by atoms with Crippen molar-refractivity contribution in [2.45, 2.75) is 32.6 Å². The Morgan fingerprint density at radius 1 is 1.30 bits per heavy atom. The van der Waals surface area contributed by atoms with Crippen LogP contribution in [0.3, 0.4) is 0 Å². The van der Waals surface area contributed by atoms with Crippen LogP contribution in [-0.4, -0.2) is 47.7 Å². The van der Waals surface area contributed by atoms with E-state index in [4.69, 9.17) is 10.5 Å². The highest BCUT2D eigenvalue weighted by molar-refractivity contribution is 5.66. The molecule has 2 heterocycles. The Kier molecular flexibility index (Phi) is 5.86. The van der Waals surface area contributed by atoms with Gasteiger partial charge in [-0.2, -0.15) is 4.98 Å². The summed E-state index contributed by atoms with van der Waals surface area (Å²) in [5.41, 5.74) is 6.46. The summed E-state index contributed by atoms with van der Waals surface area (Å²) in [6.45, 7) is 7.07. The summed E-state index contributed by atoms with van der Waals surface area (Å²) in [6, 6.07) is 0. The van der Waals surface area contributed by atoms with Gasteiger partial charge in [0.25, 0.3) is 0 Å². The molecule has 0 unspecified atom stereocenters. The zero-order valence-corrected chi connectivity index (χ0v) is 12.3. The van der Waals surface area contributed by atoms with Gasteiger partial charge in [-0.3, -0.25) is 0 Å². The molecule has 0 bridgehead atoms. The molecule has 1 saturated heterocycles. The third-order valence-electron chi connectivity index (χ3n) is 3.52. The molecule has 1 aliphatic rings. The second-order valence-electron chi connectivity index (χ2n) is 5.06. The first kappa shape index (κ1) is 14.8. The van der Waals surface area contributed by atoms with E-state index in [-0.39, 0.29) is 0 Å². The fourth-order valence-electron chi connectivity index (χ4n) is 2.45. The predicted molar refractivity (Wildman–Crippen MR) is 81.0 cm³/mol. The van der Waals surface area contributed by atoms with Gasteiger partial charge < -0.3 is 20.7 Å². The number of nitrogen functional groups attached to an aromatic ring is 1. The molecule has 1 fully saturated rings. The van der Waals surface area contributed by atoms with E-state index < -0.39 is 0 Å². The van der Waals surface area contributed by atoms with Gasteiger partial charge in [-0.25, -0.2) is 4.98 Å². The van der Waals surface area contributed by atoms with Crippen LogP contribution in [0.1, 0.15) is 32.6 Å². The fourth-order valence-corrected chi connectivity index (χ4v) is 2.45. The number of nitrogens with zero attached hydrogens (tertiary/aromatic N) is 3. The Labute approximate surface area is 120 Å². The molecule has 0 amide bonds. The fraction of sp³-hybridized carbons (Fsp3) is 0.714. The van der Waals surface area contributed by atoms with Crippen molar-refractivity contribution in [2.24, 2.45) is 0 Å². The Bertz CT molecular complexity index is 407. The summed E-state index contributed by atoms with van der Waals surface area (Å²) in [4.78, 5) is 10.7. The van der Waals surface area contributed by atoms with E-state index in [9.17, 15) is 0 Å². The zero-order chi connectivity index (χ0) is 14.2. The van der Waals surface area contributed by atoms with Crippen LogP contribution >= 0.6 is 0 Å². The first-order chi connectivity index (χ1) is 9.81. The highest BCUT2D eigenvalue weighted by Gasteiger charge is 2.11. The molecule has 1 aromatic heterocycles. The van der Waals surface area contributed by atoms with Crippen LogP contribution in [0, 0.1) is 0 Å². The second kappa shape index (κ2) is 7.89. The van der Waals surface area contributed by atoms with Gasteiger partial charge in [-0.15, -0.1) is 0 Å². The van der Waals surface area contributed by atoms with E-state index in [0.717, 1.165) is 13.0 Å². The molecule has 0 spiro atoms. The van der Waals surface area contributed by atoms with Crippen LogP contribution in [0.2, 0.25) is 0 Å². The molecule has 1 aliphatic heterocycles. The van der Waals surface area contributed by atoms with Crippen LogP contribution in [-0.2, 0) is 0 Å². The third-order valence-corrected chi connectivity index (χ3v) is 3.52. The van der Waals surface area contributed by atoms with Gasteiger partial charge >= 0.3 is 0 Å². The molecule has 20 heavy (non-hydrogen) atoms. The Balaban J connectivity index is 1.69. The molecule has 6 heteroatoms. The molecule has 0 radical (unpaired) electrons. The molecule has 112 valence electrons. The van der Waals surface area contributed by atoms with Crippen molar-refractivity contribution >= 4 is 11.5 Å². The van der Waals surface area contributed by atoms with Crippen LogP contribution in [0.5, 0.6) is 5.88 Å². The number of nitrogens with one attached hydrogen (secondary N) is 1. The van der Waals surface area contributed by atoms with Crippen LogP contribution in [0.15, 0.2) is 6.33 Å². The molecule has 0 saturated carbocycles. The summed E-state index contributed by atoms with van der Waals surface area (Å²) in [6.07, 6.45) is 6.51. The molecule has 2 rings (SSSR count). The Hall–Kier alpha value is -1.56. The number of nitrogens with two attached hydrogens (primary N) is 1. The van der Waals surface area contributed by atoms with E-state index in [1.165, 1.54) is 45.2 Å². The minimum Gasteiger partial charge on any atom is -0.476 e. The summed E-state index contributed by atoms with van der Waals surface area (Å²) < 4.78 is 5.35. The van der Waals surface area contributed by atoms with E-state index in [2.05, 4.69) is 20.2 Å². The summed E-state index contributed by atoms with van der Waals surface area (Å²) >= 11 is 0. The Morgan fingerprint density at radius 3 is 2.85 bits per heavy atom. The van der Waals surface area contributed by atoms with E-state index in [0.29, 0.717) is 24.0 Å². The SMILES string of the molecule is CCOc1ncnc(NCCCCN2CCCC2)c1N. The highest BCUT2D eigenvalue weighted by atomic mass is 16.5. The highest BCUT2D eigenvalue weighted by Crippen LogP contribution is 2.24. The van der Waals surface area contributed by atoms with Gasteiger partial charge in [0.1, 0.15) is 12.0 Å². The number of likely N-dealkylation sites (tertiary alicyclic amines) is 1. The Morgan fingerprint density at radius 2 is 2.10 bits per heavy atom. The lowest BCUT2D eigenvalue weighted by molar-refractivity contribution is 0.328. The quantitative estimate of drug-likeness (QED) is 0.706. The molecule has 3 N–H and O–H groups in total. The van der Waals surface area contributed by atoms with E-state index >= 15 is 0 Å². The summed E-state index contributed by atoms with van der Waals surface area (Å²) in [5.74, 6) is 1.13. The number of aromatic nitrogens is 2. The van der Waals surface area contributed by atoms with Crippen molar-refractivity contribution in [3.63, 3.8) is 0 Å². The molecule has 0 aromatic carbocycles. The molecule has 0 atom stereocenters. The lowest BCUT2D eigenvalue weighted by atomic mass is 10.3. The average Bonchev–Trinajstić information content (AvgIpc) is 2.96. The first-order valence-electron chi connectivity index (χ1n) is 7.50. The molecule has 1 aromatic rings. The minimum atomic E-state index is 0.460. The number of unbranched alkanes of at least 4 members (excludes halogenated alkanes) is 1. The summed E-state index contributed by atoms with van der Waals surface area (Å²) in [7, 11) is 0. The molecule has 0 aliphatic carbocycles. The topological polar surface area (TPSA) is 76.3 Å². The van der Waals surface area contributed by atoms with Crippen molar-refractivity contribution in [3.8, 4) is 5.88 Å². The number of hydrogen-bond donors (Lipinski definition) is 2. The van der Waals surface area contributed by atoms with Crippen LogP contribution in [0.25, 0.3) is 0 Å². The minimum absolute atomic E-state index is 0.460. The van der Waals surface area contributed by atoms with Gasteiger partial charge in [0, 0.05) is 6.54 Å². The van der Waals surface area contributed by atoms with Crippen molar-refractivity contribution < 1.29 is 4.74 Å². The molecular formula is C14H25N5O. The van der Waals surface area contributed by atoms with Crippen molar-refractivity contribution in [1.29, 1.82) is 0 Å². The van der Waals surface area contributed by atoms with Crippen molar-refractivity contribution in [2.75, 3.05) is 43.8 Å². The smallest absolute Gasteiger partial charge is 0.242 e. The van der Waals surface area contributed by atoms with Gasteiger partial charge in [0.15, 0.2) is 5.82 Å². The van der Waals surface area contributed by atoms with Crippen LogP contribution < -0.4 is 15.8 Å². The molecular weight excluding hydrogens is 254 g/mol. The van der Waals surface area contributed by atoms with Crippen molar-refractivity contribution in [1.82, 2.24) is 14.9 Å². The normalized spacial score (nSPS) is 15.4.